The lowest BCUT2D eigenvalue weighted by Gasteiger charge is -2.31. The van der Waals surface area contributed by atoms with E-state index in [4.69, 9.17) is 4.74 Å². The highest BCUT2D eigenvalue weighted by Crippen LogP contribution is 2.42. The molecule has 8 heteroatoms. The maximum atomic E-state index is 12.9. The van der Waals surface area contributed by atoms with E-state index >= 15 is 0 Å². The van der Waals surface area contributed by atoms with E-state index in [1.807, 2.05) is 38.1 Å². The van der Waals surface area contributed by atoms with Gasteiger partial charge in [-0.1, -0.05) is 30.8 Å². The third-order valence-corrected chi connectivity index (χ3v) is 6.78. The van der Waals surface area contributed by atoms with Crippen LogP contribution in [0.15, 0.2) is 29.4 Å². The van der Waals surface area contributed by atoms with Gasteiger partial charge in [-0.15, -0.1) is 10.2 Å². The Kier molecular flexibility index (Phi) is 6.51. The molecule has 1 aromatic carbocycles. The zero-order chi connectivity index (χ0) is 21.1. The molecule has 2 aliphatic rings. The van der Waals surface area contributed by atoms with Crippen LogP contribution in [0.2, 0.25) is 0 Å². The summed E-state index contributed by atoms with van der Waals surface area (Å²) in [4.78, 5) is 15.2. The number of para-hydroxylation sites is 2. The van der Waals surface area contributed by atoms with Crippen LogP contribution in [0.5, 0.6) is 5.75 Å². The summed E-state index contributed by atoms with van der Waals surface area (Å²) in [5.74, 6) is 2.37. The Morgan fingerprint density at radius 2 is 1.97 bits per heavy atom. The van der Waals surface area contributed by atoms with Crippen LogP contribution in [0.4, 0.5) is 11.6 Å². The van der Waals surface area contributed by atoms with Crippen molar-refractivity contribution in [2.24, 2.45) is 5.92 Å². The summed E-state index contributed by atoms with van der Waals surface area (Å²) >= 11 is 1.48. The number of hydrogen-bond acceptors (Lipinski definition) is 6. The summed E-state index contributed by atoms with van der Waals surface area (Å²) in [5.41, 5.74) is 0.698. The molecule has 1 saturated heterocycles. The van der Waals surface area contributed by atoms with Crippen LogP contribution in [-0.4, -0.2) is 45.6 Å². The molecule has 162 valence electrons. The topological polar surface area (TPSA) is 72.3 Å². The third kappa shape index (κ3) is 4.74. The van der Waals surface area contributed by atoms with Crippen molar-refractivity contribution in [1.29, 1.82) is 0 Å². The number of thioether (sulfide) groups is 1. The van der Waals surface area contributed by atoms with Gasteiger partial charge in [-0.2, -0.15) is 0 Å². The van der Waals surface area contributed by atoms with Gasteiger partial charge >= 0.3 is 0 Å². The quantitative estimate of drug-likeness (QED) is 0.629. The van der Waals surface area contributed by atoms with Gasteiger partial charge in [0.2, 0.25) is 11.9 Å². The lowest BCUT2D eigenvalue weighted by Crippen LogP contribution is -2.34. The first-order valence-electron chi connectivity index (χ1n) is 11.0. The van der Waals surface area contributed by atoms with Crippen molar-refractivity contribution >= 4 is 29.3 Å². The number of carbonyl (C=O) groups excluding carboxylic acids is 1. The molecule has 1 unspecified atom stereocenters. The highest BCUT2D eigenvalue weighted by atomic mass is 32.2. The number of rotatable bonds is 8. The highest BCUT2D eigenvalue weighted by molar-refractivity contribution is 8.00. The van der Waals surface area contributed by atoms with Crippen molar-refractivity contribution in [3.05, 3.63) is 24.3 Å². The molecule has 1 amide bonds. The van der Waals surface area contributed by atoms with Crippen LogP contribution >= 0.6 is 11.8 Å². The number of nitrogens with one attached hydrogen (secondary N) is 1. The van der Waals surface area contributed by atoms with Gasteiger partial charge in [0, 0.05) is 19.1 Å². The Morgan fingerprint density at radius 3 is 2.67 bits per heavy atom. The van der Waals surface area contributed by atoms with Gasteiger partial charge in [0.05, 0.1) is 17.5 Å². The number of aromatic nitrogens is 3. The first kappa shape index (κ1) is 21.0. The molecule has 0 bridgehead atoms. The molecule has 1 aliphatic heterocycles. The fourth-order valence-corrected chi connectivity index (χ4v) is 4.64. The van der Waals surface area contributed by atoms with E-state index in [1.165, 1.54) is 24.6 Å². The molecule has 2 aromatic rings. The maximum absolute atomic E-state index is 12.9. The lowest BCUT2D eigenvalue weighted by molar-refractivity contribution is -0.115. The third-order valence-electron chi connectivity index (χ3n) is 5.72. The van der Waals surface area contributed by atoms with Gasteiger partial charge in [0.15, 0.2) is 5.16 Å². The number of hydrogen-bond donors (Lipinski definition) is 1. The smallest absolute Gasteiger partial charge is 0.237 e. The van der Waals surface area contributed by atoms with Crippen molar-refractivity contribution in [2.75, 3.05) is 29.9 Å². The zero-order valence-corrected chi connectivity index (χ0v) is 18.8. The number of ether oxygens (including phenoxy) is 1. The van der Waals surface area contributed by atoms with E-state index in [-0.39, 0.29) is 11.2 Å². The van der Waals surface area contributed by atoms with Crippen molar-refractivity contribution in [3.8, 4) is 5.75 Å². The van der Waals surface area contributed by atoms with E-state index in [0.717, 1.165) is 43.0 Å². The van der Waals surface area contributed by atoms with E-state index in [1.54, 1.807) is 0 Å². The van der Waals surface area contributed by atoms with E-state index in [9.17, 15) is 4.79 Å². The second-order valence-electron chi connectivity index (χ2n) is 8.23. The first-order chi connectivity index (χ1) is 14.6. The molecule has 2 heterocycles. The van der Waals surface area contributed by atoms with Gasteiger partial charge in [-0.25, -0.2) is 0 Å². The number of anilines is 2. The maximum Gasteiger partial charge on any atom is 0.237 e. The minimum absolute atomic E-state index is 0.0640. The molecule has 1 atom stereocenters. The van der Waals surface area contributed by atoms with Crippen molar-refractivity contribution < 1.29 is 9.53 Å². The molecule has 4 rings (SSSR count). The molecule has 1 N–H and O–H groups in total. The van der Waals surface area contributed by atoms with Crippen LogP contribution in [-0.2, 0) is 4.79 Å². The summed E-state index contributed by atoms with van der Waals surface area (Å²) < 4.78 is 7.88. The molecule has 7 nitrogen and oxygen atoms in total. The lowest BCUT2D eigenvalue weighted by atomic mass is 10.00. The van der Waals surface area contributed by atoms with Crippen molar-refractivity contribution in [2.45, 2.75) is 62.9 Å². The van der Waals surface area contributed by atoms with Crippen LogP contribution in [0.3, 0.4) is 0 Å². The summed E-state index contributed by atoms with van der Waals surface area (Å²) in [5, 5.41) is 12.6. The summed E-state index contributed by atoms with van der Waals surface area (Å²) in [6.07, 6.45) is 4.70. The molecule has 1 saturated carbocycles. The average Bonchev–Trinajstić information content (AvgIpc) is 3.50. The Bertz CT molecular complexity index is 874. The number of benzene rings is 1. The van der Waals surface area contributed by atoms with Gasteiger partial charge in [-0.05, 0) is 57.6 Å². The first-order valence-corrected chi connectivity index (χ1v) is 11.8. The largest absolute Gasteiger partial charge is 0.492 e. The fraction of sp³-hybridized carbons (Fsp3) is 0.591. The van der Waals surface area contributed by atoms with E-state index < -0.39 is 0 Å². The minimum atomic E-state index is -0.296. The van der Waals surface area contributed by atoms with Crippen LogP contribution < -0.4 is 15.0 Å². The Labute approximate surface area is 182 Å². The molecule has 2 fully saturated rings. The summed E-state index contributed by atoms with van der Waals surface area (Å²) in [6.45, 7) is 8.77. The zero-order valence-electron chi connectivity index (χ0n) is 18.0. The second-order valence-corrected chi connectivity index (χ2v) is 9.54. The standard InChI is InChI=1S/C22H31N5O2S/c1-4-29-19-8-6-5-7-18(19)23-20(28)16(3)30-22-25-24-21(27(22)17-9-10-17)26-13-11-15(2)12-14-26/h5-8,15-17H,4,9-14H2,1-3H3,(H,23,28). The minimum Gasteiger partial charge on any atom is -0.492 e. The molecule has 1 aliphatic carbocycles. The molecule has 1 aromatic heterocycles. The molecular weight excluding hydrogens is 398 g/mol. The normalized spacial score (nSPS) is 18.3. The van der Waals surface area contributed by atoms with Gasteiger partial charge in [-0.3, -0.25) is 9.36 Å². The monoisotopic (exact) mass is 429 g/mol. The predicted octanol–water partition coefficient (Wildman–Crippen LogP) is 4.37. The predicted molar refractivity (Wildman–Crippen MR) is 120 cm³/mol. The number of carbonyl (C=O) groups is 1. The van der Waals surface area contributed by atoms with E-state index in [0.29, 0.717) is 24.1 Å². The van der Waals surface area contributed by atoms with Crippen molar-refractivity contribution in [1.82, 2.24) is 14.8 Å². The van der Waals surface area contributed by atoms with Crippen LogP contribution in [0.25, 0.3) is 0 Å². The summed E-state index contributed by atoms with van der Waals surface area (Å²) in [7, 11) is 0. The second kappa shape index (κ2) is 9.29. The SMILES string of the molecule is CCOc1ccccc1NC(=O)C(C)Sc1nnc(N2CCC(C)CC2)n1C1CC1. The highest BCUT2D eigenvalue weighted by Gasteiger charge is 2.33. The van der Waals surface area contributed by atoms with Crippen LogP contribution in [0.1, 0.15) is 52.5 Å². The molecule has 0 radical (unpaired) electrons. The number of amides is 1. The number of nitrogens with zero attached hydrogens (tertiary/aromatic N) is 4. The fourth-order valence-electron chi connectivity index (χ4n) is 3.72. The van der Waals surface area contributed by atoms with Crippen molar-refractivity contribution in [3.63, 3.8) is 0 Å². The molecular formula is C22H31N5O2S. The molecule has 0 spiro atoms. The van der Waals surface area contributed by atoms with Crippen LogP contribution in [0, 0.1) is 5.92 Å². The van der Waals surface area contributed by atoms with E-state index in [2.05, 4.69) is 31.9 Å². The summed E-state index contributed by atoms with van der Waals surface area (Å²) in [6, 6.07) is 7.99. The van der Waals surface area contributed by atoms with Gasteiger partial charge in [0.25, 0.3) is 0 Å². The Hall–Kier alpha value is -2.22. The van der Waals surface area contributed by atoms with Gasteiger partial charge in [0.1, 0.15) is 5.75 Å². The number of piperidine rings is 1. The Balaban J connectivity index is 1.45. The Morgan fingerprint density at radius 1 is 1.23 bits per heavy atom. The van der Waals surface area contributed by atoms with Gasteiger partial charge < -0.3 is 15.0 Å². The average molecular weight is 430 g/mol. The molecule has 30 heavy (non-hydrogen) atoms.